The van der Waals surface area contributed by atoms with Gasteiger partial charge in [0.25, 0.3) is 0 Å². The van der Waals surface area contributed by atoms with Crippen LogP contribution in [0.2, 0.25) is 0 Å². The van der Waals surface area contributed by atoms with Crippen molar-refractivity contribution in [3.05, 3.63) is 64.1 Å². The number of benzene rings is 3. The minimum Gasteiger partial charge on any atom is -0.493 e. The third kappa shape index (κ3) is 3.24. The first-order valence-corrected chi connectivity index (χ1v) is 10.1. The number of nitrogens with one attached hydrogen (secondary N) is 1. The molecule has 0 aromatic heterocycles. The minimum atomic E-state index is -0.117. The maximum atomic E-state index is 12.6. The Morgan fingerprint density at radius 3 is 2.54 bits per heavy atom. The lowest BCUT2D eigenvalue weighted by molar-refractivity contribution is -0.116. The van der Waals surface area contributed by atoms with Crippen LogP contribution in [0.15, 0.2) is 53.0 Å². The van der Waals surface area contributed by atoms with Crippen LogP contribution in [0.1, 0.15) is 37.3 Å². The van der Waals surface area contributed by atoms with Gasteiger partial charge in [0.05, 0.1) is 18.9 Å². The van der Waals surface area contributed by atoms with E-state index in [-0.39, 0.29) is 17.9 Å². The molecule has 144 valence electrons. The second-order valence-corrected chi connectivity index (χ2v) is 8.07. The van der Waals surface area contributed by atoms with Gasteiger partial charge in [-0.1, -0.05) is 52.3 Å². The summed E-state index contributed by atoms with van der Waals surface area (Å²) in [6, 6.07) is 16.1. The Morgan fingerprint density at radius 2 is 1.82 bits per heavy atom. The zero-order valence-electron chi connectivity index (χ0n) is 16.1. The molecule has 0 bridgehead atoms. The van der Waals surface area contributed by atoms with Gasteiger partial charge in [0.15, 0.2) is 11.5 Å². The fraction of sp³-hybridized carbons (Fsp3) is 0.261. The first kappa shape index (κ1) is 18.8. The summed E-state index contributed by atoms with van der Waals surface area (Å²) in [5, 5.41) is 5.19. The predicted molar refractivity (Wildman–Crippen MR) is 115 cm³/mol. The van der Waals surface area contributed by atoms with Crippen molar-refractivity contribution in [3.8, 4) is 11.5 Å². The molecule has 5 heteroatoms. The molecule has 1 heterocycles. The Balaban J connectivity index is 1.96. The molecule has 4 rings (SSSR count). The number of carbonyl (C=O) groups is 1. The van der Waals surface area contributed by atoms with Crippen LogP contribution < -0.4 is 14.8 Å². The SMILES string of the molecule is COc1cccc([C@H]2CC(=O)Nc3c2cc(Br)c2ccccc32)c1OC(C)C. The standard InChI is InChI=1S/C23H22BrNO3/c1-13(2)28-23-16(9-6-10-20(23)27-3)17-12-21(26)25-22-15-8-5-4-7-14(15)19(24)11-18(17)22/h4-11,13,17H,12H2,1-3H3,(H,25,26)/t17-/m1/s1. The highest BCUT2D eigenvalue weighted by molar-refractivity contribution is 9.10. The van der Waals surface area contributed by atoms with Gasteiger partial charge in [-0.15, -0.1) is 0 Å². The minimum absolute atomic E-state index is 0.00305. The van der Waals surface area contributed by atoms with E-state index in [0.29, 0.717) is 17.9 Å². The van der Waals surface area contributed by atoms with Gasteiger partial charge in [0, 0.05) is 27.8 Å². The molecule has 0 spiro atoms. The van der Waals surface area contributed by atoms with Crippen LogP contribution in [-0.2, 0) is 4.79 Å². The van der Waals surface area contributed by atoms with Crippen LogP contribution in [0.25, 0.3) is 10.8 Å². The molecule has 0 unspecified atom stereocenters. The van der Waals surface area contributed by atoms with Gasteiger partial charge in [-0.2, -0.15) is 0 Å². The van der Waals surface area contributed by atoms with Crippen LogP contribution in [-0.4, -0.2) is 19.1 Å². The summed E-state index contributed by atoms with van der Waals surface area (Å²) in [5.74, 6) is 1.27. The number of hydrogen-bond donors (Lipinski definition) is 1. The summed E-state index contributed by atoms with van der Waals surface area (Å²) in [6.45, 7) is 3.98. The van der Waals surface area contributed by atoms with Gasteiger partial charge in [0.2, 0.25) is 5.91 Å². The molecule has 1 amide bonds. The van der Waals surface area contributed by atoms with Crippen molar-refractivity contribution in [2.45, 2.75) is 32.3 Å². The summed E-state index contributed by atoms with van der Waals surface area (Å²) in [7, 11) is 1.64. The number of ether oxygens (including phenoxy) is 2. The Labute approximate surface area is 173 Å². The van der Waals surface area contributed by atoms with Crippen molar-refractivity contribution in [1.82, 2.24) is 0 Å². The van der Waals surface area contributed by atoms with E-state index in [4.69, 9.17) is 9.47 Å². The van der Waals surface area contributed by atoms with Gasteiger partial charge in [-0.05, 0) is 36.9 Å². The van der Waals surface area contributed by atoms with Crippen LogP contribution >= 0.6 is 15.9 Å². The van der Waals surface area contributed by atoms with Crippen LogP contribution in [0.3, 0.4) is 0 Å². The van der Waals surface area contributed by atoms with Crippen molar-refractivity contribution in [2.24, 2.45) is 0 Å². The topological polar surface area (TPSA) is 47.6 Å². The van der Waals surface area contributed by atoms with Crippen LogP contribution in [0.5, 0.6) is 11.5 Å². The molecule has 0 fully saturated rings. The van der Waals surface area contributed by atoms with E-state index in [0.717, 1.165) is 32.1 Å². The second-order valence-electron chi connectivity index (χ2n) is 7.22. The maximum Gasteiger partial charge on any atom is 0.225 e. The fourth-order valence-corrected chi connectivity index (χ4v) is 4.45. The second kappa shape index (κ2) is 7.47. The van der Waals surface area contributed by atoms with Crippen molar-refractivity contribution in [2.75, 3.05) is 12.4 Å². The molecule has 0 aliphatic carbocycles. The summed E-state index contributed by atoms with van der Waals surface area (Å²) in [5.41, 5.74) is 2.91. The molecule has 1 aliphatic rings. The molecule has 0 radical (unpaired) electrons. The molecule has 1 atom stereocenters. The van der Waals surface area contributed by atoms with Gasteiger partial charge in [0.1, 0.15) is 0 Å². The largest absolute Gasteiger partial charge is 0.493 e. The van der Waals surface area contributed by atoms with Gasteiger partial charge in [-0.3, -0.25) is 4.79 Å². The molecule has 1 N–H and O–H groups in total. The molecule has 0 saturated heterocycles. The first-order chi connectivity index (χ1) is 13.5. The quantitative estimate of drug-likeness (QED) is 0.552. The summed E-state index contributed by atoms with van der Waals surface area (Å²) in [4.78, 5) is 12.6. The first-order valence-electron chi connectivity index (χ1n) is 9.34. The Morgan fingerprint density at radius 1 is 1.07 bits per heavy atom. The van der Waals surface area contributed by atoms with Gasteiger partial charge < -0.3 is 14.8 Å². The molecule has 28 heavy (non-hydrogen) atoms. The molecular formula is C23H22BrNO3. The monoisotopic (exact) mass is 439 g/mol. The average molecular weight is 440 g/mol. The number of carbonyl (C=O) groups excluding carboxylic acids is 1. The average Bonchev–Trinajstić information content (AvgIpc) is 2.68. The maximum absolute atomic E-state index is 12.6. The molecule has 0 saturated carbocycles. The van der Waals surface area contributed by atoms with E-state index in [2.05, 4.69) is 27.3 Å². The molecule has 4 nitrogen and oxygen atoms in total. The zero-order chi connectivity index (χ0) is 19.8. The Hall–Kier alpha value is -2.53. The summed E-state index contributed by atoms with van der Waals surface area (Å²) in [6.07, 6.45) is 0.356. The molecule has 3 aromatic carbocycles. The van der Waals surface area contributed by atoms with Gasteiger partial charge >= 0.3 is 0 Å². The number of hydrogen-bond acceptors (Lipinski definition) is 3. The Kier molecular flexibility index (Phi) is 5.02. The van der Waals surface area contributed by atoms with E-state index in [1.54, 1.807) is 7.11 Å². The number of rotatable bonds is 4. The lowest BCUT2D eigenvalue weighted by atomic mass is 9.82. The zero-order valence-corrected chi connectivity index (χ0v) is 17.7. The van der Waals surface area contributed by atoms with E-state index in [1.165, 1.54) is 0 Å². The third-order valence-electron chi connectivity index (χ3n) is 5.01. The number of para-hydroxylation sites is 1. The summed E-state index contributed by atoms with van der Waals surface area (Å²) < 4.78 is 12.7. The normalized spacial score (nSPS) is 16.0. The highest BCUT2D eigenvalue weighted by Crippen LogP contribution is 2.47. The lowest BCUT2D eigenvalue weighted by Gasteiger charge is -2.30. The molecule has 1 aliphatic heterocycles. The van der Waals surface area contributed by atoms with E-state index < -0.39 is 0 Å². The van der Waals surface area contributed by atoms with Gasteiger partial charge in [-0.25, -0.2) is 0 Å². The van der Waals surface area contributed by atoms with E-state index in [1.807, 2.05) is 56.3 Å². The predicted octanol–water partition coefficient (Wildman–Crippen LogP) is 5.87. The lowest BCUT2D eigenvalue weighted by Crippen LogP contribution is -2.24. The van der Waals surface area contributed by atoms with Crippen LogP contribution in [0, 0.1) is 0 Å². The smallest absolute Gasteiger partial charge is 0.225 e. The van der Waals surface area contributed by atoms with Crippen molar-refractivity contribution in [1.29, 1.82) is 0 Å². The van der Waals surface area contributed by atoms with Crippen LogP contribution in [0.4, 0.5) is 5.69 Å². The highest BCUT2D eigenvalue weighted by atomic mass is 79.9. The van der Waals surface area contributed by atoms with E-state index >= 15 is 0 Å². The number of halogens is 1. The highest BCUT2D eigenvalue weighted by Gasteiger charge is 2.31. The molecule has 3 aromatic rings. The van der Waals surface area contributed by atoms with Crippen molar-refractivity contribution >= 4 is 38.3 Å². The number of anilines is 1. The molecular weight excluding hydrogens is 418 g/mol. The third-order valence-corrected chi connectivity index (χ3v) is 5.67. The Bertz CT molecular complexity index is 1060. The number of amides is 1. The van der Waals surface area contributed by atoms with Crippen molar-refractivity contribution in [3.63, 3.8) is 0 Å². The number of fused-ring (bicyclic) bond motifs is 3. The fourth-order valence-electron chi connectivity index (χ4n) is 3.86. The number of methoxy groups -OCH3 is 1. The van der Waals surface area contributed by atoms with E-state index in [9.17, 15) is 4.79 Å². The van der Waals surface area contributed by atoms with Crippen molar-refractivity contribution < 1.29 is 14.3 Å². The summed E-state index contributed by atoms with van der Waals surface area (Å²) >= 11 is 3.71.